The number of ether oxygens (including phenoxy) is 6. The number of nitriles is 2. The molecule has 1 aromatic rings. The summed E-state index contributed by atoms with van der Waals surface area (Å²) in [6.07, 6.45) is 5.97. The lowest BCUT2D eigenvalue weighted by molar-refractivity contribution is -0.368. The minimum atomic E-state index is -0.738. The minimum absolute atomic E-state index is 0.134. The fourth-order valence-corrected chi connectivity index (χ4v) is 4.53. The molecule has 0 saturated carbocycles. The van der Waals surface area contributed by atoms with E-state index in [4.69, 9.17) is 38.9 Å². The molecule has 2 fully saturated rings. The van der Waals surface area contributed by atoms with E-state index in [1.807, 2.05) is 42.5 Å². The first-order valence-electron chi connectivity index (χ1n) is 12.8. The van der Waals surface area contributed by atoms with E-state index in [0.29, 0.717) is 13.2 Å². The zero-order chi connectivity index (χ0) is 24.7. The highest BCUT2D eigenvalue weighted by Crippen LogP contribution is 2.36. The first-order valence-corrected chi connectivity index (χ1v) is 12.8. The number of nitrogens with zero attached hydrogens (tertiary/aromatic N) is 2. The standard InChI is InChI=1S/C27H38N2O6/c1-2-3-4-5-6-7-8-12-17-32-27-25(31-19-16-29)24(30-18-15-28)23-22(34-27)20-33-26(35-23)21-13-10-9-11-14-21/h9-11,13-14,22-27H,2-8,12,17-20H2,1H3/t22-,23+,24+,25-,26?,27-/m1/s1. The van der Waals surface area contributed by atoms with E-state index in [1.54, 1.807) is 0 Å². The Hall–Kier alpha value is -2.04. The van der Waals surface area contributed by atoms with Gasteiger partial charge in [-0.05, 0) is 6.42 Å². The summed E-state index contributed by atoms with van der Waals surface area (Å²) < 4.78 is 36.1. The summed E-state index contributed by atoms with van der Waals surface area (Å²) in [4.78, 5) is 0. The third-order valence-electron chi connectivity index (χ3n) is 6.32. The highest BCUT2D eigenvalue weighted by molar-refractivity contribution is 5.16. The quantitative estimate of drug-likeness (QED) is 0.326. The van der Waals surface area contributed by atoms with Crippen molar-refractivity contribution in [2.45, 2.75) is 95.3 Å². The van der Waals surface area contributed by atoms with Gasteiger partial charge >= 0.3 is 0 Å². The Labute approximate surface area is 209 Å². The van der Waals surface area contributed by atoms with Crippen molar-refractivity contribution in [1.29, 1.82) is 10.5 Å². The number of hydrogen-bond donors (Lipinski definition) is 0. The Morgan fingerprint density at radius 1 is 0.829 bits per heavy atom. The van der Waals surface area contributed by atoms with Gasteiger partial charge in [-0.25, -0.2) is 0 Å². The van der Waals surface area contributed by atoms with E-state index in [0.717, 1.165) is 18.4 Å². The largest absolute Gasteiger partial charge is 0.358 e. The molecule has 0 N–H and O–H groups in total. The van der Waals surface area contributed by atoms with E-state index in [1.165, 1.54) is 38.5 Å². The molecule has 0 aliphatic carbocycles. The first-order chi connectivity index (χ1) is 17.3. The predicted molar refractivity (Wildman–Crippen MR) is 128 cm³/mol. The maximum atomic E-state index is 9.15. The molecular weight excluding hydrogens is 448 g/mol. The topological polar surface area (TPSA) is 103 Å². The van der Waals surface area contributed by atoms with E-state index in [-0.39, 0.29) is 13.2 Å². The van der Waals surface area contributed by atoms with E-state index in [9.17, 15) is 0 Å². The molecule has 2 aliphatic rings. The van der Waals surface area contributed by atoms with Crippen LogP contribution in [0.4, 0.5) is 0 Å². The van der Waals surface area contributed by atoms with Crippen LogP contribution in [0.25, 0.3) is 0 Å². The van der Waals surface area contributed by atoms with E-state index < -0.39 is 37.0 Å². The van der Waals surface area contributed by atoms with Crippen LogP contribution in [-0.2, 0) is 28.4 Å². The molecule has 2 saturated heterocycles. The Kier molecular flexibility index (Phi) is 12.5. The number of rotatable bonds is 15. The molecule has 2 heterocycles. The monoisotopic (exact) mass is 486 g/mol. The van der Waals surface area contributed by atoms with Crippen LogP contribution in [0.5, 0.6) is 0 Å². The average molecular weight is 487 g/mol. The third kappa shape index (κ3) is 8.54. The molecule has 0 radical (unpaired) electrons. The lowest BCUT2D eigenvalue weighted by Crippen LogP contribution is -2.63. The van der Waals surface area contributed by atoms with Gasteiger partial charge in [0.2, 0.25) is 0 Å². The third-order valence-corrected chi connectivity index (χ3v) is 6.32. The fourth-order valence-electron chi connectivity index (χ4n) is 4.53. The zero-order valence-corrected chi connectivity index (χ0v) is 20.7. The van der Waals surface area contributed by atoms with Gasteiger partial charge in [-0.15, -0.1) is 0 Å². The lowest BCUT2D eigenvalue weighted by Gasteiger charge is -2.48. The lowest BCUT2D eigenvalue weighted by atomic mass is 9.97. The van der Waals surface area contributed by atoms with Gasteiger partial charge < -0.3 is 28.4 Å². The van der Waals surface area contributed by atoms with Crippen molar-refractivity contribution in [2.75, 3.05) is 26.4 Å². The molecule has 0 bridgehead atoms. The van der Waals surface area contributed by atoms with Crippen LogP contribution in [-0.4, -0.2) is 57.1 Å². The molecule has 6 atom stereocenters. The van der Waals surface area contributed by atoms with Gasteiger partial charge in [0.1, 0.15) is 37.6 Å². The normalized spacial score (nSPS) is 28.1. The van der Waals surface area contributed by atoms with Crippen LogP contribution in [0.1, 0.15) is 70.1 Å². The highest BCUT2D eigenvalue weighted by atomic mass is 16.8. The molecule has 0 spiro atoms. The van der Waals surface area contributed by atoms with E-state index >= 15 is 0 Å². The molecule has 2 aliphatic heterocycles. The number of unbranched alkanes of at least 4 members (excludes halogenated alkanes) is 7. The molecule has 0 amide bonds. The smallest absolute Gasteiger partial charge is 0.186 e. The van der Waals surface area contributed by atoms with Crippen molar-refractivity contribution in [3.63, 3.8) is 0 Å². The van der Waals surface area contributed by atoms with Crippen molar-refractivity contribution in [3.05, 3.63) is 35.9 Å². The minimum Gasteiger partial charge on any atom is -0.358 e. The maximum Gasteiger partial charge on any atom is 0.186 e. The summed E-state index contributed by atoms with van der Waals surface area (Å²) >= 11 is 0. The van der Waals surface area contributed by atoms with Crippen LogP contribution in [0, 0.1) is 22.7 Å². The average Bonchev–Trinajstić information content (AvgIpc) is 2.90. The summed E-state index contributed by atoms with van der Waals surface area (Å²) in [5, 5.41) is 18.3. The molecule has 3 rings (SSSR count). The fraction of sp³-hybridized carbons (Fsp3) is 0.704. The summed E-state index contributed by atoms with van der Waals surface area (Å²) in [5.41, 5.74) is 0.882. The second-order valence-corrected chi connectivity index (χ2v) is 8.93. The maximum absolute atomic E-state index is 9.15. The first kappa shape index (κ1) is 27.5. The number of hydrogen-bond acceptors (Lipinski definition) is 8. The van der Waals surface area contributed by atoms with Crippen LogP contribution in [0.15, 0.2) is 30.3 Å². The Morgan fingerprint density at radius 3 is 2.17 bits per heavy atom. The Morgan fingerprint density at radius 2 is 1.49 bits per heavy atom. The van der Waals surface area contributed by atoms with Gasteiger partial charge in [0.15, 0.2) is 12.6 Å². The molecule has 8 heteroatoms. The van der Waals surface area contributed by atoms with Crippen molar-refractivity contribution >= 4 is 0 Å². The van der Waals surface area contributed by atoms with Crippen molar-refractivity contribution in [3.8, 4) is 12.1 Å². The van der Waals surface area contributed by atoms with Crippen LogP contribution in [0.2, 0.25) is 0 Å². The van der Waals surface area contributed by atoms with Crippen LogP contribution >= 0.6 is 0 Å². The highest BCUT2D eigenvalue weighted by Gasteiger charge is 2.51. The van der Waals surface area contributed by atoms with Gasteiger partial charge in [-0.1, -0.05) is 82.2 Å². The Balaban J connectivity index is 1.59. The van der Waals surface area contributed by atoms with Gasteiger partial charge in [-0.3, -0.25) is 0 Å². The molecule has 1 unspecified atom stereocenters. The van der Waals surface area contributed by atoms with Crippen LogP contribution < -0.4 is 0 Å². The molecule has 35 heavy (non-hydrogen) atoms. The second-order valence-electron chi connectivity index (χ2n) is 8.93. The predicted octanol–water partition coefficient (Wildman–Crippen LogP) is 4.80. The molecule has 8 nitrogen and oxygen atoms in total. The van der Waals surface area contributed by atoms with Gasteiger partial charge in [-0.2, -0.15) is 10.5 Å². The molecule has 1 aromatic carbocycles. The number of fused-ring (bicyclic) bond motifs is 1. The molecular formula is C27H38N2O6. The van der Waals surface area contributed by atoms with Gasteiger partial charge in [0.05, 0.1) is 18.7 Å². The molecule has 0 aromatic heterocycles. The van der Waals surface area contributed by atoms with Crippen molar-refractivity contribution in [1.82, 2.24) is 0 Å². The van der Waals surface area contributed by atoms with Gasteiger partial charge in [0.25, 0.3) is 0 Å². The summed E-state index contributed by atoms with van der Waals surface area (Å²) in [6, 6.07) is 13.6. The number of benzene rings is 1. The van der Waals surface area contributed by atoms with Gasteiger partial charge in [0, 0.05) is 12.2 Å². The second kappa shape index (κ2) is 15.9. The zero-order valence-electron chi connectivity index (χ0n) is 20.7. The van der Waals surface area contributed by atoms with Crippen LogP contribution in [0.3, 0.4) is 0 Å². The summed E-state index contributed by atoms with van der Waals surface area (Å²) in [7, 11) is 0. The summed E-state index contributed by atoms with van der Waals surface area (Å²) in [5.74, 6) is 0. The van der Waals surface area contributed by atoms with E-state index in [2.05, 4.69) is 6.92 Å². The SMILES string of the molecule is CCCCCCCCCCO[C@@H]1O[C@@H]2COC(c3ccccc3)O[C@@H]2[C@H](OCC#N)[C@H]1OCC#N. The van der Waals surface area contributed by atoms with Crippen molar-refractivity contribution in [2.24, 2.45) is 0 Å². The van der Waals surface area contributed by atoms with Crippen molar-refractivity contribution < 1.29 is 28.4 Å². The Bertz CT molecular complexity index is 795. The molecule has 192 valence electrons. The summed E-state index contributed by atoms with van der Waals surface area (Å²) in [6.45, 7) is 2.75.